The molecule has 0 saturated heterocycles. The molecule has 2 aromatic rings. The Kier molecular flexibility index (Phi) is 5.44. The predicted molar refractivity (Wildman–Crippen MR) is 101 cm³/mol. The maximum atomic E-state index is 12.3. The number of benzene rings is 1. The summed E-state index contributed by atoms with van der Waals surface area (Å²) in [5.41, 5.74) is 3.45. The molecule has 0 atom stereocenters. The first-order valence-corrected chi connectivity index (χ1v) is 9.24. The van der Waals surface area contributed by atoms with E-state index in [1.165, 1.54) is 4.90 Å². The van der Waals surface area contributed by atoms with Gasteiger partial charge in [-0.25, -0.2) is 4.79 Å². The van der Waals surface area contributed by atoms with Crippen molar-refractivity contribution < 1.29 is 19.1 Å². The minimum Gasteiger partial charge on any atom is -0.462 e. The van der Waals surface area contributed by atoms with Crippen LogP contribution in [-0.4, -0.2) is 40.4 Å². The molecule has 0 unspecified atom stereocenters. The van der Waals surface area contributed by atoms with Crippen molar-refractivity contribution in [3.05, 3.63) is 58.4 Å². The van der Waals surface area contributed by atoms with Crippen molar-refractivity contribution in [1.29, 1.82) is 0 Å². The first-order valence-electron chi connectivity index (χ1n) is 9.24. The van der Waals surface area contributed by atoms with Crippen molar-refractivity contribution in [2.24, 2.45) is 0 Å². The summed E-state index contributed by atoms with van der Waals surface area (Å²) in [4.78, 5) is 38.1. The van der Waals surface area contributed by atoms with E-state index >= 15 is 0 Å². The molecule has 1 aliphatic rings. The van der Waals surface area contributed by atoms with Gasteiger partial charge in [-0.15, -0.1) is 0 Å². The van der Waals surface area contributed by atoms with E-state index in [4.69, 9.17) is 4.74 Å². The van der Waals surface area contributed by atoms with Crippen LogP contribution in [0.5, 0.6) is 0 Å². The topological polar surface area (TPSA) is 68.6 Å². The molecule has 6 heteroatoms. The molecular formula is C21H24N2O4. The summed E-state index contributed by atoms with van der Waals surface area (Å²) >= 11 is 0. The van der Waals surface area contributed by atoms with E-state index in [1.807, 2.05) is 26.8 Å². The van der Waals surface area contributed by atoms with E-state index in [9.17, 15) is 14.4 Å². The number of amides is 2. The summed E-state index contributed by atoms with van der Waals surface area (Å²) in [5.74, 6) is -0.831. The number of aryl methyl sites for hydroxylation is 1. The third-order valence-corrected chi connectivity index (χ3v) is 5.00. The smallest absolute Gasteiger partial charge is 0.339 e. The van der Waals surface area contributed by atoms with E-state index < -0.39 is 0 Å². The molecule has 0 saturated carbocycles. The summed E-state index contributed by atoms with van der Waals surface area (Å²) in [6, 6.07) is 8.69. The van der Waals surface area contributed by atoms with Gasteiger partial charge in [-0.05, 0) is 51.8 Å². The van der Waals surface area contributed by atoms with Crippen molar-refractivity contribution in [3.8, 4) is 0 Å². The van der Waals surface area contributed by atoms with Gasteiger partial charge in [0.1, 0.15) is 0 Å². The van der Waals surface area contributed by atoms with E-state index in [2.05, 4.69) is 4.57 Å². The van der Waals surface area contributed by atoms with Crippen molar-refractivity contribution in [2.75, 3.05) is 13.2 Å². The van der Waals surface area contributed by atoms with Crippen molar-refractivity contribution >= 4 is 17.8 Å². The lowest BCUT2D eigenvalue weighted by atomic mass is 10.1. The third kappa shape index (κ3) is 3.52. The minimum absolute atomic E-state index is 0.250. The van der Waals surface area contributed by atoms with Crippen LogP contribution < -0.4 is 0 Å². The number of hydrogen-bond acceptors (Lipinski definition) is 4. The number of hydrogen-bond donors (Lipinski definition) is 0. The Labute approximate surface area is 158 Å². The molecule has 1 aromatic heterocycles. The predicted octanol–water partition coefficient (Wildman–Crippen LogP) is 3.36. The zero-order valence-corrected chi connectivity index (χ0v) is 15.9. The van der Waals surface area contributed by atoms with Crippen LogP contribution in [0.4, 0.5) is 0 Å². The third-order valence-electron chi connectivity index (χ3n) is 5.00. The van der Waals surface area contributed by atoms with Gasteiger partial charge < -0.3 is 9.30 Å². The van der Waals surface area contributed by atoms with Gasteiger partial charge >= 0.3 is 5.97 Å². The highest BCUT2D eigenvalue weighted by Gasteiger charge is 2.34. The second-order valence-electron chi connectivity index (χ2n) is 6.68. The van der Waals surface area contributed by atoms with Crippen LogP contribution in [0, 0.1) is 13.8 Å². The average Bonchev–Trinajstić information content (AvgIpc) is 3.09. The van der Waals surface area contributed by atoms with Crippen molar-refractivity contribution in [1.82, 2.24) is 9.47 Å². The van der Waals surface area contributed by atoms with Crippen LogP contribution >= 0.6 is 0 Å². The highest BCUT2D eigenvalue weighted by molar-refractivity contribution is 6.21. The molecule has 0 bridgehead atoms. The van der Waals surface area contributed by atoms with Crippen LogP contribution in [0.15, 0.2) is 30.3 Å². The Bertz CT molecular complexity index is 863. The Morgan fingerprint density at radius 2 is 1.67 bits per heavy atom. The number of carbonyl (C=O) groups is 3. The maximum absolute atomic E-state index is 12.3. The SMILES string of the molecule is CCn1c(C)cc(C(=O)OCCCCN2C(=O)c3ccccc3C2=O)c1C. The first kappa shape index (κ1) is 18.9. The Morgan fingerprint density at radius 1 is 1.04 bits per heavy atom. The second-order valence-corrected chi connectivity index (χ2v) is 6.68. The fourth-order valence-electron chi connectivity index (χ4n) is 3.55. The standard InChI is InChI=1S/C21H24N2O4/c1-4-22-14(2)13-18(15(22)3)21(26)27-12-8-7-11-23-19(24)16-9-5-6-10-17(16)20(23)25/h5-6,9-10,13H,4,7-8,11-12H2,1-3H3. The quantitative estimate of drug-likeness (QED) is 0.427. The van der Waals surface area contributed by atoms with Crippen LogP contribution in [0.25, 0.3) is 0 Å². The zero-order chi connectivity index (χ0) is 19.6. The number of imide groups is 1. The lowest BCUT2D eigenvalue weighted by molar-refractivity contribution is 0.0484. The molecule has 2 amide bonds. The van der Waals surface area contributed by atoms with Crippen molar-refractivity contribution in [2.45, 2.75) is 40.2 Å². The summed E-state index contributed by atoms with van der Waals surface area (Å²) in [6.45, 7) is 7.32. The fourth-order valence-corrected chi connectivity index (χ4v) is 3.55. The summed E-state index contributed by atoms with van der Waals surface area (Å²) < 4.78 is 7.43. The number of unbranched alkanes of at least 4 members (excludes halogenated alkanes) is 1. The van der Waals surface area contributed by atoms with Gasteiger partial charge in [0.25, 0.3) is 11.8 Å². The van der Waals surface area contributed by atoms with E-state index in [0.29, 0.717) is 36.1 Å². The average molecular weight is 368 g/mol. The molecule has 0 aliphatic carbocycles. The van der Waals surface area contributed by atoms with Crippen LogP contribution in [0.2, 0.25) is 0 Å². The number of esters is 1. The maximum Gasteiger partial charge on any atom is 0.339 e. The van der Waals surface area contributed by atoms with Gasteiger partial charge in [-0.1, -0.05) is 12.1 Å². The molecule has 6 nitrogen and oxygen atoms in total. The lowest BCUT2D eigenvalue weighted by Crippen LogP contribution is -2.30. The van der Waals surface area contributed by atoms with Gasteiger partial charge in [0.05, 0.1) is 23.3 Å². The van der Waals surface area contributed by atoms with Crippen molar-refractivity contribution in [3.63, 3.8) is 0 Å². The summed E-state index contributed by atoms with van der Waals surface area (Å²) in [7, 11) is 0. The van der Waals surface area contributed by atoms with E-state index in [-0.39, 0.29) is 24.4 Å². The molecule has 1 aliphatic heterocycles. The first-order chi connectivity index (χ1) is 13.0. The Hall–Kier alpha value is -2.89. The fraction of sp³-hybridized carbons (Fsp3) is 0.381. The highest BCUT2D eigenvalue weighted by atomic mass is 16.5. The minimum atomic E-state index is -0.330. The molecule has 3 rings (SSSR count). The van der Waals surface area contributed by atoms with Gasteiger partial charge in [0.15, 0.2) is 0 Å². The molecule has 0 radical (unpaired) electrons. The van der Waals surface area contributed by atoms with Crippen LogP contribution in [0.3, 0.4) is 0 Å². The van der Waals surface area contributed by atoms with Crippen LogP contribution in [-0.2, 0) is 11.3 Å². The molecule has 2 heterocycles. The molecule has 27 heavy (non-hydrogen) atoms. The van der Waals surface area contributed by atoms with E-state index in [0.717, 1.165) is 17.9 Å². The molecule has 1 aromatic carbocycles. The number of aromatic nitrogens is 1. The van der Waals surface area contributed by atoms with E-state index in [1.54, 1.807) is 24.3 Å². The molecule has 142 valence electrons. The number of fused-ring (bicyclic) bond motifs is 1. The molecule has 0 fully saturated rings. The molecular weight excluding hydrogens is 344 g/mol. The molecule has 0 spiro atoms. The Morgan fingerprint density at radius 3 is 2.22 bits per heavy atom. The van der Waals surface area contributed by atoms with Gasteiger partial charge in [0.2, 0.25) is 0 Å². The number of carbonyl (C=O) groups excluding carboxylic acids is 3. The monoisotopic (exact) mass is 368 g/mol. The lowest BCUT2D eigenvalue weighted by Gasteiger charge is -2.13. The largest absolute Gasteiger partial charge is 0.462 e. The van der Waals surface area contributed by atoms with Gasteiger partial charge in [0, 0.05) is 24.5 Å². The zero-order valence-electron chi connectivity index (χ0n) is 15.9. The second kappa shape index (κ2) is 7.78. The Balaban J connectivity index is 1.47. The van der Waals surface area contributed by atoms with Crippen LogP contribution in [0.1, 0.15) is 62.2 Å². The number of ether oxygens (including phenoxy) is 1. The summed E-state index contributed by atoms with van der Waals surface area (Å²) in [6.07, 6.45) is 1.18. The highest BCUT2D eigenvalue weighted by Crippen LogP contribution is 2.22. The number of nitrogens with zero attached hydrogens (tertiary/aromatic N) is 2. The number of rotatable bonds is 7. The molecule has 0 N–H and O–H groups in total. The normalized spacial score (nSPS) is 13.2. The van der Waals surface area contributed by atoms with Gasteiger partial charge in [-0.2, -0.15) is 0 Å². The van der Waals surface area contributed by atoms with Gasteiger partial charge in [-0.3, -0.25) is 14.5 Å². The summed E-state index contributed by atoms with van der Waals surface area (Å²) in [5, 5.41) is 0.